The van der Waals surface area contributed by atoms with Gasteiger partial charge in [-0.3, -0.25) is 0 Å². The first-order valence-electron chi connectivity index (χ1n) is 2.62. The summed E-state index contributed by atoms with van der Waals surface area (Å²) in [4.78, 5) is 0. The second-order valence-corrected chi connectivity index (χ2v) is 3.09. The van der Waals surface area contributed by atoms with E-state index < -0.39 is 0 Å². The quantitative estimate of drug-likeness (QED) is 0.281. The summed E-state index contributed by atoms with van der Waals surface area (Å²) >= 11 is 0. The zero-order valence-electron chi connectivity index (χ0n) is 5.21. The summed E-state index contributed by atoms with van der Waals surface area (Å²) in [6.07, 6.45) is 4.40. The van der Waals surface area contributed by atoms with Crippen LogP contribution in [0.2, 0.25) is 0 Å². The minimum absolute atomic E-state index is 0. The molecule has 0 amide bonds. The van der Waals surface area contributed by atoms with Crippen molar-refractivity contribution in [3.05, 3.63) is 5.92 Å². The van der Waals surface area contributed by atoms with Crippen LogP contribution >= 0.6 is 0 Å². The summed E-state index contributed by atoms with van der Waals surface area (Å²) in [5.74, 6) is 1.82. The van der Waals surface area contributed by atoms with Crippen molar-refractivity contribution in [3.63, 3.8) is 0 Å². The van der Waals surface area contributed by atoms with Crippen LogP contribution in [-0.4, -0.2) is 23.1 Å². The maximum Gasteiger partial charge on any atom is 2.00 e. The van der Waals surface area contributed by atoms with E-state index in [1.54, 1.807) is 0 Å². The van der Waals surface area contributed by atoms with E-state index in [2.05, 4.69) is 6.92 Å². The molecule has 3 fully saturated rings. The summed E-state index contributed by atoms with van der Waals surface area (Å²) in [6, 6.07) is 0. The van der Waals surface area contributed by atoms with E-state index in [-0.39, 0.29) is 35.5 Å². The molecule has 3 aliphatic carbocycles. The van der Waals surface area contributed by atoms with E-state index in [9.17, 15) is 0 Å². The third-order valence-electron chi connectivity index (χ3n) is 2.03. The Labute approximate surface area is 73.0 Å². The van der Waals surface area contributed by atoms with Gasteiger partial charge in [-0.05, 0) is 0 Å². The molecule has 3 aliphatic rings. The number of rotatable bonds is 0. The van der Waals surface area contributed by atoms with Crippen molar-refractivity contribution in [1.29, 1.82) is 0 Å². The average Bonchev–Trinajstić information content (AvgIpc) is 1.24. The molecule has 0 aromatic rings. The fourth-order valence-electron chi connectivity index (χ4n) is 1.66. The number of halogens is 1. The smallest absolute Gasteiger partial charge is 1.00 e. The van der Waals surface area contributed by atoms with Gasteiger partial charge in [0, 0.05) is 0 Å². The summed E-state index contributed by atoms with van der Waals surface area (Å²) in [6.45, 7) is 2.38. The fourth-order valence-corrected chi connectivity index (χ4v) is 1.66. The van der Waals surface area contributed by atoms with Crippen molar-refractivity contribution in [1.82, 2.24) is 0 Å². The molecular weight excluding hydrogens is 132 g/mol. The molecule has 0 N–H and O–H groups in total. The molecule has 0 unspecified atom stereocenters. The second kappa shape index (κ2) is 2.35. The van der Waals surface area contributed by atoms with Crippen LogP contribution in [0.15, 0.2) is 0 Å². The Balaban J connectivity index is 0.000000245. The normalized spacial score (nSPS) is 28.1. The maximum atomic E-state index is 2.38. The largest absolute Gasteiger partial charge is 2.00 e. The molecule has 8 heavy (non-hydrogen) atoms. The molecule has 0 spiro atoms. The Morgan fingerprint density at radius 3 is 1.50 bits per heavy atom. The van der Waals surface area contributed by atoms with Crippen LogP contribution in [0.1, 0.15) is 26.2 Å². The molecule has 0 saturated heterocycles. The van der Waals surface area contributed by atoms with Gasteiger partial charge in [-0.2, -0.15) is 19.3 Å². The molecule has 0 heterocycles. The minimum Gasteiger partial charge on any atom is -1.00 e. The van der Waals surface area contributed by atoms with Crippen LogP contribution < -0.4 is 12.4 Å². The van der Waals surface area contributed by atoms with E-state index in [0.717, 1.165) is 5.41 Å². The van der Waals surface area contributed by atoms with Crippen LogP contribution in [-0.2, 0) is 0 Å². The Morgan fingerprint density at radius 2 is 1.50 bits per heavy atom. The van der Waals surface area contributed by atoms with Crippen molar-refractivity contribution in [2.75, 3.05) is 0 Å². The molecule has 3 rings (SSSR count). The van der Waals surface area contributed by atoms with Crippen molar-refractivity contribution in [3.8, 4) is 0 Å². The molecule has 2 bridgehead atoms. The van der Waals surface area contributed by atoms with Gasteiger partial charge in [-0.1, -0.05) is 6.92 Å². The summed E-state index contributed by atoms with van der Waals surface area (Å²) in [7, 11) is 0. The molecule has 42 valence electrons. The van der Waals surface area contributed by atoms with Gasteiger partial charge in [0.2, 0.25) is 0 Å². The van der Waals surface area contributed by atoms with Crippen LogP contribution in [0.25, 0.3) is 0 Å². The molecule has 0 atom stereocenters. The Bertz CT molecular complexity index is 75.5. The van der Waals surface area contributed by atoms with Crippen molar-refractivity contribution >= 4 is 23.1 Å². The van der Waals surface area contributed by atoms with E-state index in [1.165, 1.54) is 19.3 Å². The fraction of sp³-hybridized carbons (Fsp3) is 0.833. The molecule has 0 nitrogen and oxygen atoms in total. The van der Waals surface area contributed by atoms with Gasteiger partial charge in [-0.25, -0.2) is 0 Å². The monoisotopic (exact) mass is 140 g/mol. The molecule has 3 saturated carbocycles. The second-order valence-electron chi connectivity index (χ2n) is 3.09. The van der Waals surface area contributed by atoms with Gasteiger partial charge in [0.15, 0.2) is 0 Å². The summed E-state index contributed by atoms with van der Waals surface area (Å²) in [5.41, 5.74) is 0.829. The number of hydrogen-bond acceptors (Lipinski definition) is 0. The third-order valence-corrected chi connectivity index (χ3v) is 2.03. The summed E-state index contributed by atoms with van der Waals surface area (Å²) < 4.78 is 0. The topological polar surface area (TPSA) is 0 Å². The van der Waals surface area contributed by atoms with Crippen LogP contribution in [0.4, 0.5) is 0 Å². The predicted octanol–water partition coefficient (Wildman–Crippen LogP) is -1.61. The Kier molecular flexibility index (Phi) is 2.66. The minimum atomic E-state index is 0. The molecule has 2 heteroatoms. The first-order chi connectivity index (χ1) is 2.79. The number of hydrogen-bond donors (Lipinski definition) is 0. The standard InChI is InChI=1S/C6H9.ClH.Mg/c1-6-2-5(3-6)4-6;;/h2-4H2,1H3;1H;/q-1;;+2/p-1. The maximum absolute atomic E-state index is 2.38. The SMILES string of the molecule is CC12C[C-](C1)C2.[Cl-].[Mg+2]. The molecule has 0 aliphatic heterocycles. The Morgan fingerprint density at radius 1 is 1.25 bits per heavy atom. The van der Waals surface area contributed by atoms with E-state index in [1.807, 2.05) is 5.92 Å². The van der Waals surface area contributed by atoms with Crippen LogP contribution in [0, 0.1) is 11.3 Å². The zero-order chi connectivity index (χ0) is 4.20. The van der Waals surface area contributed by atoms with Crippen LogP contribution in [0.5, 0.6) is 0 Å². The van der Waals surface area contributed by atoms with Gasteiger partial charge in [-0.15, -0.1) is 5.41 Å². The zero-order valence-corrected chi connectivity index (χ0v) is 7.38. The van der Waals surface area contributed by atoms with Gasteiger partial charge in [0.05, 0.1) is 0 Å². The van der Waals surface area contributed by atoms with Gasteiger partial charge >= 0.3 is 23.1 Å². The first kappa shape index (κ1) is 9.06. The van der Waals surface area contributed by atoms with Gasteiger partial charge in [0.1, 0.15) is 0 Å². The third kappa shape index (κ3) is 1.00. The van der Waals surface area contributed by atoms with Gasteiger partial charge < -0.3 is 18.3 Å². The Hall–Kier alpha value is 1.06. The predicted molar refractivity (Wildman–Crippen MR) is 31.0 cm³/mol. The van der Waals surface area contributed by atoms with E-state index >= 15 is 0 Å². The molecular formula is C6H9ClMg. The average molecular weight is 141 g/mol. The van der Waals surface area contributed by atoms with E-state index in [4.69, 9.17) is 0 Å². The summed E-state index contributed by atoms with van der Waals surface area (Å²) in [5, 5.41) is 0. The van der Waals surface area contributed by atoms with Gasteiger partial charge in [0.25, 0.3) is 0 Å². The van der Waals surface area contributed by atoms with E-state index in [0.29, 0.717) is 0 Å². The molecule has 0 aromatic heterocycles. The molecule has 0 aromatic carbocycles. The first-order valence-corrected chi connectivity index (χ1v) is 2.62. The van der Waals surface area contributed by atoms with Crippen LogP contribution in [0.3, 0.4) is 0 Å². The van der Waals surface area contributed by atoms with Crippen molar-refractivity contribution in [2.45, 2.75) is 26.2 Å². The van der Waals surface area contributed by atoms with Crippen molar-refractivity contribution < 1.29 is 12.4 Å². The molecule has 0 radical (unpaired) electrons. The van der Waals surface area contributed by atoms with Crippen molar-refractivity contribution in [2.24, 2.45) is 5.41 Å².